The number of carbonyl (C=O) groups excluding carboxylic acids is 1. The summed E-state index contributed by atoms with van der Waals surface area (Å²) in [5.74, 6) is 1.11. The summed E-state index contributed by atoms with van der Waals surface area (Å²) >= 11 is 2.19. The fraction of sp³-hybridized carbons (Fsp3) is 0.316. The molecule has 1 amide bonds. The van der Waals surface area contributed by atoms with Crippen LogP contribution in [-0.4, -0.2) is 31.6 Å². The van der Waals surface area contributed by atoms with Crippen LogP contribution in [0.4, 0.5) is 4.39 Å². The van der Waals surface area contributed by atoms with Gasteiger partial charge in [-0.1, -0.05) is 18.2 Å². The van der Waals surface area contributed by atoms with Crippen LogP contribution in [0.1, 0.15) is 18.1 Å². The van der Waals surface area contributed by atoms with Gasteiger partial charge in [-0.25, -0.2) is 4.39 Å². The van der Waals surface area contributed by atoms with Gasteiger partial charge < -0.3 is 14.4 Å². The van der Waals surface area contributed by atoms with Crippen LogP contribution in [0.5, 0.6) is 11.5 Å². The quantitative estimate of drug-likeness (QED) is 0.590. The lowest BCUT2D eigenvalue weighted by Gasteiger charge is -2.22. The van der Waals surface area contributed by atoms with Crippen LogP contribution in [0.2, 0.25) is 0 Å². The first-order valence-electron chi connectivity index (χ1n) is 7.85. The Hall–Kier alpha value is -1.83. The van der Waals surface area contributed by atoms with E-state index in [0.717, 1.165) is 20.6 Å². The first kappa shape index (κ1) is 19.5. The number of carbonyl (C=O) groups is 1. The van der Waals surface area contributed by atoms with Crippen molar-refractivity contribution in [2.45, 2.75) is 19.9 Å². The van der Waals surface area contributed by atoms with Crippen LogP contribution in [-0.2, 0) is 17.8 Å². The highest BCUT2D eigenvalue weighted by Crippen LogP contribution is 2.30. The average molecular weight is 457 g/mol. The lowest BCUT2D eigenvalue weighted by Crippen LogP contribution is -2.30. The molecule has 25 heavy (non-hydrogen) atoms. The Balaban J connectivity index is 2.16. The molecular weight excluding hydrogens is 436 g/mol. The van der Waals surface area contributed by atoms with E-state index in [2.05, 4.69) is 22.6 Å². The summed E-state index contributed by atoms with van der Waals surface area (Å²) in [6, 6.07) is 10.3. The maximum Gasteiger partial charge on any atom is 0.219 e. The normalized spacial score (nSPS) is 10.4. The summed E-state index contributed by atoms with van der Waals surface area (Å²) in [5, 5.41) is 0. The van der Waals surface area contributed by atoms with Crippen molar-refractivity contribution in [2.24, 2.45) is 0 Å². The molecule has 6 heteroatoms. The number of amides is 1. The van der Waals surface area contributed by atoms with Crippen molar-refractivity contribution in [1.82, 2.24) is 4.90 Å². The summed E-state index contributed by atoms with van der Waals surface area (Å²) in [4.78, 5) is 13.6. The monoisotopic (exact) mass is 457 g/mol. The molecule has 0 heterocycles. The highest BCUT2D eigenvalue weighted by molar-refractivity contribution is 14.1. The van der Waals surface area contributed by atoms with E-state index < -0.39 is 0 Å². The molecule has 2 rings (SSSR count). The molecule has 0 aliphatic carbocycles. The highest BCUT2D eigenvalue weighted by atomic mass is 127. The zero-order valence-electron chi connectivity index (χ0n) is 14.5. The number of nitrogens with zero attached hydrogens (tertiary/aromatic N) is 1. The third-order valence-electron chi connectivity index (χ3n) is 3.97. The van der Waals surface area contributed by atoms with E-state index in [9.17, 15) is 9.18 Å². The van der Waals surface area contributed by atoms with Crippen molar-refractivity contribution in [3.8, 4) is 11.5 Å². The molecule has 0 spiro atoms. The van der Waals surface area contributed by atoms with Crippen molar-refractivity contribution >= 4 is 28.5 Å². The van der Waals surface area contributed by atoms with Gasteiger partial charge in [-0.15, -0.1) is 0 Å². The Morgan fingerprint density at radius 2 is 1.80 bits per heavy atom. The van der Waals surface area contributed by atoms with Crippen LogP contribution in [0.25, 0.3) is 0 Å². The summed E-state index contributed by atoms with van der Waals surface area (Å²) < 4.78 is 25.6. The molecule has 134 valence electrons. The number of methoxy groups -OCH3 is 2. The average Bonchev–Trinajstić information content (AvgIpc) is 2.60. The van der Waals surface area contributed by atoms with Crippen molar-refractivity contribution in [1.29, 1.82) is 0 Å². The Labute approximate surface area is 161 Å². The molecule has 0 saturated carbocycles. The van der Waals surface area contributed by atoms with E-state index in [4.69, 9.17) is 9.47 Å². The molecule has 0 aromatic heterocycles. The summed E-state index contributed by atoms with van der Waals surface area (Å²) in [6.07, 6.45) is 0.588. The van der Waals surface area contributed by atoms with E-state index >= 15 is 0 Å². The molecule has 0 radical (unpaired) electrons. The maximum absolute atomic E-state index is 13.9. The van der Waals surface area contributed by atoms with E-state index in [1.807, 2.05) is 12.1 Å². The van der Waals surface area contributed by atoms with Crippen LogP contribution < -0.4 is 9.47 Å². The zero-order chi connectivity index (χ0) is 18.4. The molecular formula is C19H21FINO3. The maximum atomic E-state index is 13.9. The summed E-state index contributed by atoms with van der Waals surface area (Å²) in [5.41, 5.74) is 1.45. The third kappa shape index (κ3) is 5.07. The van der Waals surface area contributed by atoms with Gasteiger partial charge in [0.05, 0.1) is 17.8 Å². The fourth-order valence-corrected chi connectivity index (χ4v) is 3.21. The molecule has 0 bridgehead atoms. The Morgan fingerprint density at radius 3 is 2.40 bits per heavy atom. The van der Waals surface area contributed by atoms with Gasteiger partial charge in [0, 0.05) is 25.6 Å². The van der Waals surface area contributed by atoms with Crippen molar-refractivity contribution in [3.63, 3.8) is 0 Å². The number of hydrogen-bond donors (Lipinski definition) is 0. The second kappa shape index (κ2) is 9.03. The molecule has 0 unspecified atom stereocenters. The van der Waals surface area contributed by atoms with Crippen molar-refractivity contribution in [2.75, 3.05) is 20.8 Å². The molecule has 0 aliphatic rings. The topological polar surface area (TPSA) is 38.8 Å². The summed E-state index contributed by atoms with van der Waals surface area (Å²) in [7, 11) is 3.23. The largest absolute Gasteiger partial charge is 0.496 e. The van der Waals surface area contributed by atoms with Gasteiger partial charge in [0.15, 0.2) is 0 Å². The van der Waals surface area contributed by atoms with E-state index in [1.54, 1.807) is 37.3 Å². The number of benzene rings is 2. The van der Waals surface area contributed by atoms with Gasteiger partial charge in [-0.05, 0) is 52.8 Å². The number of ether oxygens (including phenoxy) is 2. The lowest BCUT2D eigenvalue weighted by molar-refractivity contribution is -0.129. The van der Waals surface area contributed by atoms with E-state index in [1.165, 1.54) is 13.0 Å². The van der Waals surface area contributed by atoms with Crippen molar-refractivity contribution in [3.05, 3.63) is 56.9 Å². The van der Waals surface area contributed by atoms with Gasteiger partial charge in [-0.2, -0.15) is 0 Å². The van der Waals surface area contributed by atoms with Gasteiger partial charge in [0.1, 0.15) is 17.3 Å². The van der Waals surface area contributed by atoms with Crippen LogP contribution >= 0.6 is 22.6 Å². The Morgan fingerprint density at radius 1 is 1.12 bits per heavy atom. The molecule has 0 aliphatic heterocycles. The minimum atomic E-state index is -0.303. The first-order valence-corrected chi connectivity index (χ1v) is 8.93. The van der Waals surface area contributed by atoms with Crippen molar-refractivity contribution < 1.29 is 18.7 Å². The minimum absolute atomic E-state index is 0.0975. The standard InChI is InChI=1S/C19H21FINO3/c1-13(23)22(12-15-6-4-5-7-16(15)20)9-8-14-10-19(25-3)17(21)11-18(14)24-2/h4-7,10-11H,8-9,12H2,1-3H3. The fourth-order valence-electron chi connectivity index (χ4n) is 2.55. The smallest absolute Gasteiger partial charge is 0.219 e. The second-order valence-corrected chi connectivity index (χ2v) is 6.74. The molecule has 0 atom stereocenters. The molecule has 2 aromatic rings. The van der Waals surface area contributed by atoms with Gasteiger partial charge in [0.2, 0.25) is 5.91 Å². The number of halogens is 2. The zero-order valence-corrected chi connectivity index (χ0v) is 16.7. The molecule has 0 N–H and O–H groups in total. The summed E-state index contributed by atoms with van der Waals surface area (Å²) in [6.45, 7) is 2.20. The lowest BCUT2D eigenvalue weighted by atomic mass is 10.1. The van der Waals surface area contributed by atoms with Gasteiger partial charge >= 0.3 is 0 Å². The molecule has 0 fully saturated rings. The predicted octanol–water partition coefficient (Wildman–Crippen LogP) is 4.04. The minimum Gasteiger partial charge on any atom is -0.496 e. The molecule has 4 nitrogen and oxygen atoms in total. The third-order valence-corrected chi connectivity index (χ3v) is 4.81. The Kier molecular flexibility index (Phi) is 7.04. The van der Waals surface area contributed by atoms with Gasteiger partial charge in [0.25, 0.3) is 0 Å². The first-order chi connectivity index (χ1) is 12.0. The van der Waals surface area contributed by atoms with Crippen LogP contribution in [0.3, 0.4) is 0 Å². The molecule has 0 saturated heterocycles. The van der Waals surface area contributed by atoms with Gasteiger partial charge in [-0.3, -0.25) is 4.79 Å². The predicted molar refractivity (Wildman–Crippen MR) is 103 cm³/mol. The van der Waals surface area contributed by atoms with E-state index in [-0.39, 0.29) is 18.3 Å². The molecule has 2 aromatic carbocycles. The van der Waals surface area contributed by atoms with Crippen LogP contribution in [0, 0.1) is 9.39 Å². The number of rotatable bonds is 7. The number of hydrogen-bond acceptors (Lipinski definition) is 3. The SMILES string of the molecule is COc1cc(CCN(Cc2ccccc2F)C(C)=O)c(OC)cc1I. The highest BCUT2D eigenvalue weighted by Gasteiger charge is 2.15. The van der Waals surface area contributed by atoms with E-state index in [0.29, 0.717) is 18.5 Å². The Bertz CT molecular complexity index is 751. The van der Waals surface area contributed by atoms with Crippen LogP contribution in [0.15, 0.2) is 36.4 Å². The second-order valence-electron chi connectivity index (χ2n) is 5.58.